The lowest BCUT2D eigenvalue weighted by molar-refractivity contribution is -0.120. The third kappa shape index (κ3) is 5.61. The maximum absolute atomic E-state index is 11.4. The fourth-order valence-corrected chi connectivity index (χ4v) is 1.91. The summed E-state index contributed by atoms with van der Waals surface area (Å²) in [4.78, 5) is 11.4. The van der Waals surface area contributed by atoms with Crippen LogP contribution >= 0.6 is 23.2 Å². The van der Waals surface area contributed by atoms with Gasteiger partial charge in [-0.15, -0.1) is 0 Å². The van der Waals surface area contributed by atoms with E-state index >= 15 is 0 Å². The van der Waals surface area contributed by atoms with Crippen LogP contribution in [0.3, 0.4) is 0 Å². The van der Waals surface area contributed by atoms with Gasteiger partial charge in [0.1, 0.15) is 0 Å². The zero-order valence-corrected chi connectivity index (χ0v) is 11.9. The summed E-state index contributed by atoms with van der Waals surface area (Å²) < 4.78 is 0. The van der Waals surface area contributed by atoms with Crippen molar-refractivity contribution in [3.63, 3.8) is 0 Å². The number of carbonyl (C=O) groups excluding carboxylic acids is 1. The molecule has 0 aliphatic rings. The van der Waals surface area contributed by atoms with E-state index in [9.17, 15) is 4.79 Å². The molecule has 0 aromatic heterocycles. The second kappa shape index (κ2) is 8.22. The second-order valence-electron chi connectivity index (χ2n) is 4.00. The minimum absolute atomic E-state index is 0.0565. The van der Waals surface area contributed by atoms with Crippen LogP contribution in [0.4, 0.5) is 5.69 Å². The molecule has 0 bridgehead atoms. The topological polar surface area (TPSA) is 41.1 Å². The molecule has 0 aliphatic carbocycles. The summed E-state index contributed by atoms with van der Waals surface area (Å²) in [6.07, 6.45) is 2.53. The van der Waals surface area contributed by atoms with Gasteiger partial charge in [0.05, 0.1) is 10.7 Å². The van der Waals surface area contributed by atoms with Crippen LogP contribution in [0.25, 0.3) is 0 Å². The Bertz CT molecular complexity index is 397. The molecule has 0 atom stereocenters. The Labute approximate surface area is 118 Å². The number of benzene rings is 1. The Morgan fingerprint density at radius 3 is 2.72 bits per heavy atom. The number of anilines is 1. The Hall–Kier alpha value is -0.930. The van der Waals surface area contributed by atoms with Gasteiger partial charge in [-0.05, 0) is 24.6 Å². The smallest absolute Gasteiger partial charge is 0.221 e. The SMILES string of the molecule is CCCCNC(=O)CCNc1ccc(Cl)cc1Cl. The number of carbonyl (C=O) groups is 1. The first kappa shape index (κ1) is 15.1. The molecule has 5 heteroatoms. The van der Waals surface area contributed by atoms with Gasteiger partial charge in [0.15, 0.2) is 0 Å². The molecule has 0 saturated heterocycles. The highest BCUT2D eigenvalue weighted by molar-refractivity contribution is 6.36. The highest BCUT2D eigenvalue weighted by atomic mass is 35.5. The van der Waals surface area contributed by atoms with E-state index in [1.165, 1.54) is 0 Å². The van der Waals surface area contributed by atoms with Crippen LogP contribution in [0.1, 0.15) is 26.2 Å². The summed E-state index contributed by atoms with van der Waals surface area (Å²) >= 11 is 11.8. The van der Waals surface area contributed by atoms with Crippen molar-refractivity contribution < 1.29 is 4.79 Å². The molecule has 100 valence electrons. The Morgan fingerprint density at radius 2 is 2.06 bits per heavy atom. The predicted molar refractivity (Wildman–Crippen MR) is 77.5 cm³/mol. The lowest BCUT2D eigenvalue weighted by Crippen LogP contribution is -2.26. The number of hydrogen-bond acceptors (Lipinski definition) is 2. The first-order chi connectivity index (χ1) is 8.63. The maximum Gasteiger partial charge on any atom is 0.221 e. The van der Waals surface area contributed by atoms with Crippen molar-refractivity contribution in [2.24, 2.45) is 0 Å². The summed E-state index contributed by atoms with van der Waals surface area (Å²) in [6.45, 7) is 3.40. The minimum atomic E-state index is 0.0565. The lowest BCUT2D eigenvalue weighted by Gasteiger charge is -2.09. The highest BCUT2D eigenvalue weighted by Gasteiger charge is 2.03. The number of rotatable bonds is 7. The molecule has 0 spiro atoms. The van der Waals surface area contributed by atoms with Gasteiger partial charge >= 0.3 is 0 Å². The molecule has 18 heavy (non-hydrogen) atoms. The van der Waals surface area contributed by atoms with Crippen molar-refractivity contribution >= 4 is 34.8 Å². The number of amides is 1. The van der Waals surface area contributed by atoms with Gasteiger partial charge in [-0.25, -0.2) is 0 Å². The predicted octanol–water partition coefficient (Wildman–Crippen LogP) is 3.71. The fraction of sp³-hybridized carbons (Fsp3) is 0.462. The van der Waals surface area contributed by atoms with E-state index < -0.39 is 0 Å². The van der Waals surface area contributed by atoms with Gasteiger partial charge in [0.2, 0.25) is 5.91 Å². The molecule has 1 rings (SSSR count). The van der Waals surface area contributed by atoms with Crippen molar-refractivity contribution in [1.29, 1.82) is 0 Å². The molecule has 3 nitrogen and oxygen atoms in total. The van der Waals surface area contributed by atoms with Crippen molar-refractivity contribution in [2.45, 2.75) is 26.2 Å². The normalized spacial score (nSPS) is 10.2. The molecular weight excluding hydrogens is 271 g/mol. The van der Waals surface area contributed by atoms with Crippen LogP contribution in [0.15, 0.2) is 18.2 Å². The summed E-state index contributed by atoms with van der Waals surface area (Å²) in [5.41, 5.74) is 0.794. The van der Waals surface area contributed by atoms with Gasteiger partial charge in [0, 0.05) is 24.5 Å². The molecular formula is C13H18Cl2N2O. The first-order valence-electron chi connectivity index (χ1n) is 6.09. The second-order valence-corrected chi connectivity index (χ2v) is 4.85. The van der Waals surface area contributed by atoms with Crippen LogP contribution in [0.5, 0.6) is 0 Å². The largest absolute Gasteiger partial charge is 0.383 e. The van der Waals surface area contributed by atoms with Gasteiger partial charge in [-0.2, -0.15) is 0 Å². The lowest BCUT2D eigenvalue weighted by atomic mass is 10.3. The van der Waals surface area contributed by atoms with Crippen molar-refractivity contribution in [3.05, 3.63) is 28.2 Å². The quantitative estimate of drug-likeness (QED) is 0.751. The van der Waals surface area contributed by atoms with Gasteiger partial charge in [0.25, 0.3) is 0 Å². The summed E-state index contributed by atoms with van der Waals surface area (Å²) in [6, 6.07) is 5.24. The molecule has 1 aromatic rings. The summed E-state index contributed by atoms with van der Waals surface area (Å²) in [5.74, 6) is 0.0565. The van der Waals surface area contributed by atoms with Crippen LogP contribution < -0.4 is 10.6 Å². The molecule has 0 aliphatic heterocycles. The summed E-state index contributed by atoms with van der Waals surface area (Å²) in [7, 11) is 0. The van der Waals surface area contributed by atoms with E-state index in [0.717, 1.165) is 25.1 Å². The monoisotopic (exact) mass is 288 g/mol. The van der Waals surface area contributed by atoms with E-state index in [1.807, 2.05) is 0 Å². The zero-order chi connectivity index (χ0) is 13.4. The highest BCUT2D eigenvalue weighted by Crippen LogP contribution is 2.25. The maximum atomic E-state index is 11.4. The fourth-order valence-electron chi connectivity index (χ4n) is 1.44. The Morgan fingerprint density at radius 1 is 1.28 bits per heavy atom. The number of hydrogen-bond donors (Lipinski definition) is 2. The van der Waals surface area contributed by atoms with Crippen LogP contribution in [0, 0.1) is 0 Å². The average Bonchev–Trinajstić information content (AvgIpc) is 2.32. The molecule has 0 heterocycles. The van der Waals surface area contributed by atoms with Crippen molar-refractivity contribution in [1.82, 2.24) is 5.32 Å². The van der Waals surface area contributed by atoms with Crippen LogP contribution in [-0.2, 0) is 4.79 Å². The molecule has 1 aromatic carbocycles. The summed E-state index contributed by atoms with van der Waals surface area (Å²) in [5, 5.41) is 7.13. The number of halogens is 2. The van der Waals surface area contributed by atoms with E-state index in [2.05, 4.69) is 17.6 Å². The van der Waals surface area contributed by atoms with E-state index in [-0.39, 0.29) is 5.91 Å². The van der Waals surface area contributed by atoms with E-state index in [1.54, 1.807) is 18.2 Å². The average molecular weight is 289 g/mol. The molecule has 0 radical (unpaired) electrons. The third-order valence-electron chi connectivity index (χ3n) is 2.45. The number of nitrogens with one attached hydrogen (secondary N) is 2. The van der Waals surface area contributed by atoms with Gasteiger partial charge in [-0.3, -0.25) is 4.79 Å². The van der Waals surface area contributed by atoms with Crippen molar-refractivity contribution in [2.75, 3.05) is 18.4 Å². The van der Waals surface area contributed by atoms with Crippen LogP contribution in [-0.4, -0.2) is 19.0 Å². The van der Waals surface area contributed by atoms with E-state index in [0.29, 0.717) is 23.0 Å². The Balaban J connectivity index is 2.26. The zero-order valence-electron chi connectivity index (χ0n) is 10.4. The van der Waals surface area contributed by atoms with Gasteiger partial charge < -0.3 is 10.6 Å². The first-order valence-corrected chi connectivity index (χ1v) is 6.84. The standard InChI is InChI=1S/C13H18Cl2N2O/c1-2-3-7-17-13(18)6-8-16-12-5-4-10(14)9-11(12)15/h4-5,9,16H,2-3,6-8H2,1H3,(H,17,18). The molecule has 0 fully saturated rings. The molecule has 0 unspecified atom stereocenters. The minimum Gasteiger partial charge on any atom is -0.383 e. The van der Waals surface area contributed by atoms with Crippen molar-refractivity contribution in [3.8, 4) is 0 Å². The molecule has 0 saturated carbocycles. The van der Waals surface area contributed by atoms with E-state index in [4.69, 9.17) is 23.2 Å². The third-order valence-corrected chi connectivity index (χ3v) is 3.00. The number of unbranched alkanes of at least 4 members (excludes halogenated alkanes) is 1. The molecule has 1 amide bonds. The Kier molecular flexibility index (Phi) is 6.91. The van der Waals surface area contributed by atoms with Gasteiger partial charge in [-0.1, -0.05) is 36.5 Å². The van der Waals surface area contributed by atoms with Crippen LogP contribution in [0.2, 0.25) is 10.0 Å². The molecule has 2 N–H and O–H groups in total.